The Bertz CT molecular complexity index is 566. The fraction of sp³-hybridized carbons (Fsp3) is 0.636. The summed E-state index contributed by atoms with van der Waals surface area (Å²) in [5, 5.41) is 2.86. The van der Waals surface area contributed by atoms with Crippen LogP contribution in [0.3, 0.4) is 0 Å². The number of imidazole rings is 1. The molecule has 1 N–H and O–H groups in total. The van der Waals surface area contributed by atoms with Gasteiger partial charge in [-0.3, -0.25) is 4.79 Å². The molecular weight excluding hydrogens is 268 g/mol. The lowest BCUT2D eigenvalue weighted by molar-refractivity contribution is -0.122. The highest BCUT2D eigenvalue weighted by Crippen LogP contribution is 2.12. The molecule has 19 heavy (non-hydrogen) atoms. The second-order valence-corrected chi connectivity index (χ2v) is 6.91. The standard InChI is InChI=1S/C11H18N4O3S/c1-14(19(2,17)18)8-11(16)13-9-3-4-10-12-5-6-15(10)7-9/h5-6,9H,3-4,7-8H2,1-2H3,(H,13,16). The lowest BCUT2D eigenvalue weighted by atomic mass is 10.1. The van der Waals surface area contributed by atoms with Gasteiger partial charge in [-0.05, 0) is 6.42 Å². The summed E-state index contributed by atoms with van der Waals surface area (Å²) in [7, 11) is -1.93. The van der Waals surface area contributed by atoms with Crippen molar-refractivity contribution in [3.8, 4) is 0 Å². The molecule has 0 aromatic carbocycles. The Morgan fingerprint density at radius 2 is 2.37 bits per heavy atom. The summed E-state index contributed by atoms with van der Waals surface area (Å²) in [4.78, 5) is 16.0. The molecule has 0 bridgehead atoms. The second-order valence-electron chi connectivity index (χ2n) is 4.82. The van der Waals surface area contributed by atoms with E-state index in [1.165, 1.54) is 7.05 Å². The molecule has 0 spiro atoms. The Morgan fingerprint density at radius 1 is 1.63 bits per heavy atom. The molecule has 0 saturated heterocycles. The number of nitrogens with zero attached hydrogens (tertiary/aromatic N) is 3. The minimum atomic E-state index is -3.32. The van der Waals surface area contributed by atoms with Crippen LogP contribution in [0.4, 0.5) is 0 Å². The summed E-state index contributed by atoms with van der Waals surface area (Å²) in [5.41, 5.74) is 0. The lowest BCUT2D eigenvalue weighted by Gasteiger charge is -2.25. The van der Waals surface area contributed by atoms with E-state index in [0.29, 0.717) is 6.54 Å². The average Bonchev–Trinajstić information content (AvgIpc) is 2.74. The molecule has 1 aliphatic rings. The van der Waals surface area contributed by atoms with Crippen molar-refractivity contribution in [2.24, 2.45) is 0 Å². The third-order valence-electron chi connectivity index (χ3n) is 3.23. The predicted octanol–water partition coefficient (Wildman–Crippen LogP) is -0.794. The number of hydrogen-bond donors (Lipinski definition) is 1. The zero-order valence-electron chi connectivity index (χ0n) is 11.0. The number of carbonyl (C=O) groups excluding carboxylic acids is 1. The third kappa shape index (κ3) is 3.54. The number of aromatic nitrogens is 2. The van der Waals surface area contributed by atoms with Crippen LogP contribution in [0.25, 0.3) is 0 Å². The van der Waals surface area contributed by atoms with Crippen molar-refractivity contribution in [1.29, 1.82) is 0 Å². The molecular formula is C11H18N4O3S. The van der Waals surface area contributed by atoms with Gasteiger partial charge in [0.2, 0.25) is 15.9 Å². The zero-order valence-corrected chi connectivity index (χ0v) is 11.9. The van der Waals surface area contributed by atoms with E-state index in [-0.39, 0.29) is 18.5 Å². The Kier molecular flexibility index (Phi) is 3.91. The molecule has 8 heteroatoms. The summed E-state index contributed by atoms with van der Waals surface area (Å²) in [6, 6.07) is 0.0298. The predicted molar refractivity (Wildman–Crippen MR) is 70.0 cm³/mol. The van der Waals surface area contributed by atoms with Gasteiger partial charge in [-0.2, -0.15) is 4.31 Å². The van der Waals surface area contributed by atoms with Crippen molar-refractivity contribution in [3.63, 3.8) is 0 Å². The number of sulfonamides is 1. The van der Waals surface area contributed by atoms with Crippen LogP contribution in [0.2, 0.25) is 0 Å². The smallest absolute Gasteiger partial charge is 0.235 e. The quantitative estimate of drug-likeness (QED) is 0.786. The van der Waals surface area contributed by atoms with Crippen LogP contribution >= 0.6 is 0 Å². The molecule has 1 aromatic rings. The first-order valence-electron chi connectivity index (χ1n) is 6.07. The first kappa shape index (κ1) is 14.0. The molecule has 1 aliphatic heterocycles. The summed E-state index contributed by atoms with van der Waals surface area (Å²) in [5.74, 6) is 0.750. The summed E-state index contributed by atoms with van der Waals surface area (Å²) in [6.45, 7) is 0.537. The van der Waals surface area contributed by atoms with Gasteiger partial charge in [0.15, 0.2) is 0 Å². The number of carbonyl (C=O) groups is 1. The maximum atomic E-state index is 11.8. The van der Waals surface area contributed by atoms with Gasteiger partial charge >= 0.3 is 0 Å². The molecule has 2 rings (SSSR count). The molecule has 0 radical (unpaired) electrons. The van der Waals surface area contributed by atoms with Gasteiger partial charge in [0.1, 0.15) is 5.82 Å². The molecule has 1 unspecified atom stereocenters. The highest BCUT2D eigenvalue weighted by atomic mass is 32.2. The van der Waals surface area contributed by atoms with Gasteiger partial charge in [0, 0.05) is 38.4 Å². The van der Waals surface area contributed by atoms with Gasteiger partial charge in [0.05, 0.1) is 12.8 Å². The van der Waals surface area contributed by atoms with Crippen LogP contribution in [0.15, 0.2) is 12.4 Å². The second kappa shape index (κ2) is 5.30. The Morgan fingerprint density at radius 3 is 3.05 bits per heavy atom. The van der Waals surface area contributed by atoms with E-state index in [1.54, 1.807) is 6.20 Å². The fourth-order valence-corrected chi connectivity index (χ4v) is 2.43. The molecule has 0 aliphatic carbocycles. The highest BCUT2D eigenvalue weighted by molar-refractivity contribution is 7.88. The number of amides is 1. The van der Waals surface area contributed by atoms with Crippen molar-refractivity contribution in [2.75, 3.05) is 19.8 Å². The van der Waals surface area contributed by atoms with E-state index in [1.807, 2.05) is 10.8 Å². The van der Waals surface area contributed by atoms with E-state index in [0.717, 1.165) is 29.2 Å². The highest BCUT2D eigenvalue weighted by Gasteiger charge is 2.22. The maximum absolute atomic E-state index is 11.8. The third-order valence-corrected chi connectivity index (χ3v) is 4.49. The van der Waals surface area contributed by atoms with Crippen molar-refractivity contribution in [3.05, 3.63) is 18.2 Å². The fourth-order valence-electron chi connectivity index (χ4n) is 2.08. The van der Waals surface area contributed by atoms with Crippen LogP contribution in [-0.2, 0) is 27.8 Å². The van der Waals surface area contributed by atoms with Gasteiger partial charge in [0.25, 0.3) is 0 Å². The summed E-state index contributed by atoms with van der Waals surface area (Å²) >= 11 is 0. The number of nitrogens with one attached hydrogen (secondary N) is 1. The lowest BCUT2D eigenvalue weighted by Crippen LogP contribution is -2.45. The average molecular weight is 286 g/mol. The molecule has 0 saturated carbocycles. The molecule has 0 fully saturated rings. The Balaban J connectivity index is 1.88. The molecule has 2 heterocycles. The Hall–Kier alpha value is -1.41. The van der Waals surface area contributed by atoms with Gasteiger partial charge in [-0.1, -0.05) is 0 Å². The Labute approximate surface area is 112 Å². The first-order chi connectivity index (χ1) is 8.86. The number of rotatable bonds is 4. The molecule has 106 valence electrons. The van der Waals surface area contributed by atoms with E-state index >= 15 is 0 Å². The zero-order chi connectivity index (χ0) is 14.0. The van der Waals surface area contributed by atoms with Gasteiger partial charge in [-0.25, -0.2) is 13.4 Å². The molecule has 1 amide bonds. The first-order valence-corrected chi connectivity index (χ1v) is 7.92. The normalized spacial score (nSPS) is 19.2. The molecule has 7 nitrogen and oxygen atoms in total. The van der Waals surface area contributed by atoms with Crippen molar-refractivity contribution < 1.29 is 13.2 Å². The van der Waals surface area contributed by atoms with Crippen LogP contribution in [0.5, 0.6) is 0 Å². The van der Waals surface area contributed by atoms with Crippen LogP contribution in [0, 0.1) is 0 Å². The van der Waals surface area contributed by atoms with Crippen LogP contribution in [-0.4, -0.2) is 54.1 Å². The summed E-state index contributed by atoms with van der Waals surface area (Å²) in [6.07, 6.45) is 6.36. The molecule has 1 atom stereocenters. The summed E-state index contributed by atoms with van der Waals surface area (Å²) < 4.78 is 25.5. The van der Waals surface area contributed by atoms with E-state index < -0.39 is 10.0 Å². The SMILES string of the molecule is CN(CC(=O)NC1CCc2nccn2C1)S(C)(=O)=O. The monoisotopic (exact) mass is 286 g/mol. The van der Waals surface area contributed by atoms with Crippen molar-refractivity contribution in [1.82, 2.24) is 19.2 Å². The number of fused-ring (bicyclic) bond motifs is 1. The number of hydrogen-bond acceptors (Lipinski definition) is 4. The van der Waals surface area contributed by atoms with Crippen molar-refractivity contribution in [2.45, 2.75) is 25.4 Å². The minimum absolute atomic E-state index is 0.0298. The molecule has 1 aromatic heterocycles. The van der Waals surface area contributed by atoms with Crippen molar-refractivity contribution >= 4 is 15.9 Å². The van der Waals surface area contributed by atoms with Gasteiger partial charge < -0.3 is 9.88 Å². The van der Waals surface area contributed by atoms with Gasteiger partial charge in [-0.15, -0.1) is 0 Å². The van der Waals surface area contributed by atoms with E-state index in [4.69, 9.17) is 0 Å². The minimum Gasteiger partial charge on any atom is -0.350 e. The van der Waals surface area contributed by atoms with Crippen LogP contribution < -0.4 is 5.32 Å². The number of aryl methyl sites for hydroxylation is 1. The maximum Gasteiger partial charge on any atom is 0.235 e. The van der Waals surface area contributed by atoms with E-state index in [2.05, 4.69) is 10.3 Å². The largest absolute Gasteiger partial charge is 0.350 e. The number of likely N-dealkylation sites (N-methyl/N-ethyl adjacent to an activating group) is 1. The van der Waals surface area contributed by atoms with E-state index in [9.17, 15) is 13.2 Å². The van der Waals surface area contributed by atoms with Crippen LogP contribution in [0.1, 0.15) is 12.2 Å². The topological polar surface area (TPSA) is 84.3 Å².